The lowest BCUT2D eigenvalue weighted by molar-refractivity contribution is 0.0915. The summed E-state index contributed by atoms with van der Waals surface area (Å²) in [5.74, 6) is -0.148. The Bertz CT molecular complexity index is 345. The minimum absolute atomic E-state index is 0.0342. The van der Waals surface area contributed by atoms with Crippen molar-refractivity contribution in [3.8, 4) is 0 Å². The predicted molar refractivity (Wildman–Crippen MR) is 67.8 cm³/mol. The van der Waals surface area contributed by atoms with Gasteiger partial charge in [0.2, 0.25) is 0 Å². The molecule has 94 valence electrons. The van der Waals surface area contributed by atoms with E-state index >= 15 is 0 Å². The van der Waals surface area contributed by atoms with Gasteiger partial charge in [-0.1, -0.05) is 19.1 Å². The molecule has 0 fully saturated rings. The van der Waals surface area contributed by atoms with Crippen LogP contribution in [-0.2, 0) is 6.42 Å². The molecule has 1 aromatic rings. The molecule has 1 aromatic carbocycles. The maximum atomic E-state index is 11.8. The number of carbonyl (C=O) groups is 1. The molecule has 0 saturated heterocycles. The van der Waals surface area contributed by atoms with Crippen LogP contribution in [0.4, 0.5) is 0 Å². The fraction of sp³-hybridized carbons (Fsp3) is 0.462. The van der Waals surface area contributed by atoms with Gasteiger partial charge in [-0.2, -0.15) is 0 Å². The third kappa shape index (κ3) is 4.17. The van der Waals surface area contributed by atoms with Crippen molar-refractivity contribution in [2.75, 3.05) is 13.2 Å². The highest BCUT2D eigenvalue weighted by Gasteiger charge is 2.10. The number of amides is 1. The van der Waals surface area contributed by atoms with Gasteiger partial charge in [0.15, 0.2) is 0 Å². The summed E-state index contributed by atoms with van der Waals surface area (Å²) in [6, 6.07) is 7.20. The molecule has 0 unspecified atom stereocenters. The van der Waals surface area contributed by atoms with Crippen LogP contribution in [0.5, 0.6) is 0 Å². The number of hydrogen-bond donors (Lipinski definition) is 3. The number of nitrogens with one attached hydrogen (secondary N) is 1. The fourth-order valence-electron chi connectivity index (χ4n) is 1.53. The largest absolute Gasteiger partial charge is 0.394 e. The smallest absolute Gasteiger partial charge is 0.251 e. The molecule has 0 radical (unpaired) electrons. The average Bonchev–Trinajstić information content (AvgIpc) is 2.37. The lowest BCUT2D eigenvalue weighted by Crippen LogP contribution is -2.36. The Morgan fingerprint density at radius 3 is 2.53 bits per heavy atom. The molecule has 0 saturated carbocycles. The van der Waals surface area contributed by atoms with Crippen LogP contribution in [0.1, 0.15) is 29.3 Å². The Morgan fingerprint density at radius 2 is 2.06 bits per heavy atom. The molecule has 1 atom stereocenters. The molecule has 4 nitrogen and oxygen atoms in total. The summed E-state index contributed by atoms with van der Waals surface area (Å²) in [6.45, 7) is 2.49. The number of rotatable bonds is 6. The molecular weight excluding hydrogens is 216 g/mol. The minimum atomic E-state index is -0.175. The summed E-state index contributed by atoms with van der Waals surface area (Å²) in [4.78, 5) is 11.8. The Hall–Kier alpha value is -1.39. The van der Waals surface area contributed by atoms with Crippen molar-refractivity contribution < 1.29 is 9.90 Å². The maximum absolute atomic E-state index is 11.8. The summed E-state index contributed by atoms with van der Waals surface area (Å²) < 4.78 is 0. The predicted octanol–water partition coefficient (Wildman–Crippen LogP) is 0.689. The number of benzene rings is 1. The van der Waals surface area contributed by atoms with E-state index < -0.39 is 0 Å². The summed E-state index contributed by atoms with van der Waals surface area (Å²) >= 11 is 0. The van der Waals surface area contributed by atoms with Crippen LogP contribution in [0.25, 0.3) is 0 Å². The van der Waals surface area contributed by atoms with Crippen LogP contribution in [0, 0.1) is 0 Å². The van der Waals surface area contributed by atoms with Crippen LogP contribution < -0.4 is 11.1 Å². The van der Waals surface area contributed by atoms with Crippen LogP contribution >= 0.6 is 0 Å². The van der Waals surface area contributed by atoms with Gasteiger partial charge in [-0.25, -0.2) is 0 Å². The average molecular weight is 236 g/mol. The summed E-state index contributed by atoms with van der Waals surface area (Å²) in [7, 11) is 0. The van der Waals surface area contributed by atoms with E-state index in [1.54, 1.807) is 12.1 Å². The fourth-order valence-corrected chi connectivity index (χ4v) is 1.53. The first-order valence-corrected chi connectivity index (χ1v) is 5.92. The SMILES string of the molecule is CC[C@@H](CO)NC(=O)c1ccc(CCN)cc1. The van der Waals surface area contributed by atoms with Crippen molar-refractivity contribution >= 4 is 5.91 Å². The molecular formula is C13H20N2O2. The van der Waals surface area contributed by atoms with Gasteiger partial charge >= 0.3 is 0 Å². The molecule has 0 aliphatic rings. The Labute approximate surface area is 102 Å². The van der Waals surface area contributed by atoms with E-state index in [1.807, 2.05) is 19.1 Å². The number of hydrogen-bond acceptors (Lipinski definition) is 3. The zero-order valence-electron chi connectivity index (χ0n) is 10.1. The highest BCUT2D eigenvalue weighted by Crippen LogP contribution is 2.05. The Balaban J connectivity index is 2.63. The van der Waals surface area contributed by atoms with Gasteiger partial charge in [0.1, 0.15) is 0 Å². The second-order valence-electron chi connectivity index (χ2n) is 4.00. The normalized spacial score (nSPS) is 12.2. The zero-order chi connectivity index (χ0) is 12.7. The van der Waals surface area contributed by atoms with Gasteiger partial charge in [0.05, 0.1) is 12.6 Å². The molecule has 0 aliphatic carbocycles. The van der Waals surface area contributed by atoms with E-state index in [2.05, 4.69) is 5.32 Å². The first kappa shape index (κ1) is 13.7. The lowest BCUT2D eigenvalue weighted by Gasteiger charge is -2.14. The van der Waals surface area contributed by atoms with Gasteiger partial charge in [-0.15, -0.1) is 0 Å². The molecule has 1 rings (SSSR count). The monoisotopic (exact) mass is 236 g/mol. The van der Waals surface area contributed by atoms with Crippen LogP contribution in [0.15, 0.2) is 24.3 Å². The molecule has 1 amide bonds. The molecule has 17 heavy (non-hydrogen) atoms. The summed E-state index contributed by atoms with van der Waals surface area (Å²) in [5, 5.41) is 11.8. The quantitative estimate of drug-likeness (QED) is 0.680. The van der Waals surface area contributed by atoms with Crippen LogP contribution in [0.3, 0.4) is 0 Å². The van der Waals surface area contributed by atoms with E-state index in [-0.39, 0.29) is 18.6 Å². The van der Waals surface area contributed by atoms with E-state index in [0.717, 1.165) is 12.0 Å². The van der Waals surface area contributed by atoms with Crippen molar-refractivity contribution in [2.24, 2.45) is 5.73 Å². The van der Waals surface area contributed by atoms with Crippen molar-refractivity contribution in [3.63, 3.8) is 0 Å². The minimum Gasteiger partial charge on any atom is -0.394 e. The van der Waals surface area contributed by atoms with Gasteiger partial charge in [-0.3, -0.25) is 4.79 Å². The standard InChI is InChI=1S/C13H20N2O2/c1-2-12(9-16)15-13(17)11-5-3-10(4-6-11)7-8-14/h3-6,12,16H,2,7-9,14H2,1H3,(H,15,17)/t12-/m0/s1. The number of aliphatic hydroxyl groups is 1. The van der Waals surface area contributed by atoms with Gasteiger partial charge in [0.25, 0.3) is 5.91 Å². The summed E-state index contributed by atoms with van der Waals surface area (Å²) in [5.41, 5.74) is 7.19. The van der Waals surface area contributed by atoms with Crippen molar-refractivity contribution in [2.45, 2.75) is 25.8 Å². The third-order valence-corrected chi connectivity index (χ3v) is 2.70. The Kier molecular flexibility index (Phi) is 5.66. The van der Waals surface area contributed by atoms with Crippen LogP contribution in [0.2, 0.25) is 0 Å². The third-order valence-electron chi connectivity index (χ3n) is 2.70. The first-order valence-electron chi connectivity index (χ1n) is 5.92. The van der Waals surface area contributed by atoms with Gasteiger partial charge < -0.3 is 16.2 Å². The highest BCUT2D eigenvalue weighted by molar-refractivity contribution is 5.94. The zero-order valence-corrected chi connectivity index (χ0v) is 10.1. The number of nitrogens with two attached hydrogens (primary N) is 1. The first-order chi connectivity index (χ1) is 8.21. The second kappa shape index (κ2) is 7.04. The maximum Gasteiger partial charge on any atom is 0.251 e. The van der Waals surface area contributed by atoms with Gasteiger partial charge in [-0.05, 0) is 37.1 Å². The van der Waals surface area contributed by atoms with Crippen molar-refractivity contribution in [1.82, 2.24) is 5.32 Å². The molecule has 0 heterocycles. The van der Waals surface area contributed by atoms with E-state index in [0.29, 0.717) is 18.5 Å². The van der Waals surface area contributed by atoms with E-state index in [9.17, 15) is 4.79 Å². The molecule has 0 aromatic heterocycles. The second-order valence-corrected chi connectivity index (χ2v) is 4.00. The number of aliphatic hydroxyl groups excluding tert-OH is 1. The van der Waals surface area contributed by atoms with Crippen molar-refractivity contribution in [1.29, 1.82) is 0 Å². The lowest BCUT2D eigenvalue weighted by atomic mass is 10.1. The molecule has 0 aliphatic heterocycles. The Morgan fingerprint density at radius 1 is 1.41 bits per heavy atom. The molecule has 4 heteroatoms. The highest BCUT2D eigenvalue weighted by atomic mass is 16.3. The molecule has 0 spiro atoms. The topological polar surface area (TPSA) is 75.3 Å². The van der Waals surface area contributed by atoms with E-state index in [1.165, 1.54) is 0 Å². The number of carbonyl (C=O) groups excluding carboxylic acids is 1. The molecule has 0 bridgehead atoms. The summed E-state index contributed by atoms with van der Waals surface area (Å²) in [6.07, 6.45) is 1.53. The van der Waals surface area contributed by atoms with Gasteiger partial charge in [0, 0.05) is 5.56 Å². The van der Waals surface area contributed by atoms with Crippen LogP contribution in [-0.4, -0.2) is 30.2 Å². The molecule has 4 N–H and O–H groups in total. The van der Waals surface area contributed by atoms with E-state index in [4.69, 9.17) is 10.8 Å². The van der Waals surface area contributed by atoms with Crippen molar-refractivity contribution in [3.05, 3.63) is 35.4 Å².